The van der Waals surface area contributed by atoms with Gasteiger partial charge in [0.25, 0.3) is 5.91 Å². The molecule has 1 aliphatic carbocycles. The summed E-state index contributed by atoms with van der Waals surface area (Å²) >= 11 is 0. The van der Waals surface area contributed by atoms with E-state index in [1.165, 1.54) is 12.1 Å². The number of esters is 1. The molecule has 0 spiro atoms. The van der Waals surface area contributed by atoms with Crippen molar-refractivity contribution in [2.45, 2.75) is 44.2 Å². The fourth-order valence-electron chi connectivity index (χ4n) is 4.55. The molecule has 160 valence electrons. The second-order valence-corrected chi connectivity index (χ2v) is 10.3. The van der Waals surface area contributed by atoms with Crippen molar-refractivity contribution in [3.8, 4) is 5.75 Å². The summed E-state index contributed by atoms with van der Waals surface area (Å²) in [5.41, 5.74) is -0.00244. The molecule has 2 aliphatic rings. The Kier molecular flexibility index (Phi) is 5.69. The number of ether oxygens (including phenoxy) is 1. The van der Waals surface area contributed by atoms with Crippen LogP contribution in [0.25, 0.3) is 10.8 Å². The molecule has 1 unspecified atom stereocenters. The van der Waals surface area contributed by atoms with Crippen LogP contribution in [0.2, 0.25) is 0 Å². The number of fused-ring (bicyclic) bond motifs is 1. The number of nitrogens with zero attached hydrogens (tertiary/aromatic N) is 1. The quantitative estimate of drug-likeness (QED) is 0.731. The highest BCUT2D eigenvalue weighted by molar-refractivity contribution is 7.91. The van der Waals surface area contributed by atoms with E-state index in [0.717, 1.165) is 36.5 Å². The average molecular weight is 432 g/mol. The Bertz CT molecular complexity index is 1070. The highest BCUT2D eigenvalue weighted by Gasteiger charge is 2.39. The van der Waals surface area contributed by atoms with Gasteiger partial charge in [-0.3, -0.25) is 4.79 Å². The Morgan fingerprint density at radius 3 is 2.33 bits per heavy atom. The van der Waals surface area contributed by atoms with Gasteiger partial charge in [-0.1, -0.05) is 37.1 Å². The van der Waals surface area contributed by atoms with Crippen LogP contribution in [-0.4, -0.2) is 60.5 Å². The van der Waals surface area contributed by atoms with Crippen LogP contribution in [0.5, 0.6) is 5.75 Å². The Balaban J connectivity index is 1.48. The first kappa shape index (κ1) is 20.7. The second-order valence-electron chi connectivity index (χ2n) is 8.09. The highest BCUT2D eigenvalue weighted by Crippen LogP contribution is 2.30. The number of carbonyl (C=O) groups excluding carboxylic acids is 2. The lowest BCUT2D eigenvalue weighted by atomic mass is 10.1. The van der Waals surface area contributed by atoms with Crippen molar-refractivity contribution in [3.63, 3.8) is 0 Å². The number of phenolic OH excluding ortho intramolecular Hbond substituents is 1. The van der Waals surface area contributed by atoms with Gasteiger partial charge in [0.2, 0.25) is 0 Å². The van der Waals surface area contributed by atoms with Crippen molar-refractivity contribution in [3.05, 3.63) is 42.0 Å². The van der Waals surface area contributed by atoms with Gasteiger partial charge >= 0.3 is 5.97 Å². The van der Waals surface area contributed by atoms with Crippen LogP contribution in [0.4, 0.5) is 0 Å². The molecule has 1 saturated heterocycles. The van der Waals surface area contributed by atoms with Gasteiger partial charge in [0.15, 0.2) is 16.4 Å². The van der Waals surface area contributed by atoms with Gasteiger partial charge in [0, 0.05) is 12.1 Å². The predicted molar refractivity (Wildman–Crippen MR) is 112 cm³/mol. The van der Waals surface area contributed by atoms with Gasteiger partial charge in [-0.15, -0.1) is 0 Å². The zero-order chi connectivity index (χ0) is 21.3. The molecule has 2 fully saturated rings. The summed E-state index contributed by atoms with van der Waals surface area (Å²) in [5, 5.41) is 11.8. The number of carbonyl (C=O) groups is 2. The zero-order valence-electron chi connectivity index (χ0n) is 16.6. The van der Waals surface area contributed by atoms with Gasteiger partial charge in [0.05, 0.1) is 11.5 Å². The molecule has 4 rings (SSSR count). The summed E-state index contributed by atoms with van der Waals surface area (Å²) in [6, 6.07) is 9.95. The molecule has 1 aliphatic heterocycles. The van der Waals surface area contributed by atoms with Crippen LogP contribution in [0.15, 0.2) is 36.4 Å². The number of sulfone groups is 1. The fourth-order valence-corrected chi connectivity index (χ4v) is 6.27. The molecule has 0 aromatic heterocycles. The minimum atomic E-state index is -3.14. The van der Waals surface area contributed by atoms with E-state index in [1.807, 2.05) is 24.3 Å². The van der Waals surface area contributed by atoms with Crippen LogP contribution in [0, 0.1) is 0 Å². The maximum atomic E-state index is 13.0. The van der Waals surface area contributed by atoms with Crippen LogP contribution in [0.3, 0.4) is 0 Å². The molecule has 0 radical (unpaired) electrons. The van der Waals surface area contributed by atoms with Crippen molar-refractivity contribution >= 4 is 32.5 Å². The van der Waals surface area contributed by atoms with E-state index in [2.05, 4.69) is 0 Å². The van der Waals surface area contributed by atoms with E-state index in [4.69, 9.17) is 4.74 Å². The van der Waals surface area contributed by atoms with Crippen LogP contribution >= 0.6 is 0 Å². The SMILES string of the molecule is O=C(OCC(=O)N(C1CCCC1)C1CCS(=O)(=O)C1)c1cc2ccccc2cc1O. The Morgan fingerprint density at radius 1 is 1.03 bits per heavy atom. The zero-order valence-corrected chi connectivity index (χ0v) is 17.4. The summed E-state index contributed by atoms with van der Waals surface area (Å²) in [6.45, 7) is -0.474. The first-order chi connectivity index (χ1) is 14.3. The van der Waals surface area contributed by atoms with Crippen molar-refractivity contribution < 1.29 is 27.9 Å². The lowest BCUT2D eigenvalue weighted by Crippen LogP contribution is -2.48. The molecule has 30 heavy (non-hydrogen) atoms. The smallest absolute Gasteiger partial charge is 0.342 e. The van der Waals surface area contributed by atoms with Crippen molar-refractivity contribution in [1.82, 2.24) is 4.90 Å². The maximum Gasteiger partial charge on any atom is 0.342 e. The third-order valence-electron chi connectivity index (χ3n) is 6.02. The molecule has 2 aromatic rings. The molecule has 1 N–H and O–H groups in total. The van der Waals surface area contributed by atoms with Crippen LogP contribution in [0.1, 0.15) is 42.5 Å². The Hall–Kier alpha value is -2.61. The van der Waals surface area contributed by atoms with Crippen molar-refractivity contribution in [1.29, 1.82) is 0 Å². The number of hydrogen-bond acceptors (Lipinski definition) is 6. The average Bonchev–Trinajstić information content (AvgIpc) is 3.35. The number of phenols is 1. The molecule has 2 aromatic carbocycles. The monoisotopic (exact) mass is 431 g/mol. The van der Waals surface area contributed by atoms with Crippen molar-refractivity contribution in [2.24, 2.45) is 0 Å². The number of rotatable bonds is 5. The van der Waals surface area contributed by atoms with Gasteiger partial charge < -0.3 is 14.7 Å². The lowest BCUT2D eigenvalue weighted by molar-refractivity contribution is -0.139. The normalized spacial score (nSPS) is 21.0. The maximum absolute atomic E-state index is 13.0. The molecule has 1 saturated carbocycles. The summed E-state index contributed by atoms with van der Waals surface area (Å²) < 4.78 is 29.1. The highest BCUT2D eigenvalue weighted by atomic mass is 32.2. The molecule has 8 heteroatoms. The Labute approximate surface area is 175 Å². The largest absolute Gasteiger partial charge is 0.507 e. The van der Waals surface area contributed by atoms with E-state index < -0.39 is 22.4 Å². The molecular weight excluding hydrogens is 406 g/mol. The second kappa shape index (κ2) is 8.26. The summed E-state index contributed by atoms with van der Waals surface area (Å²) in [6.07, 6.45) is 4.09. The molecule has 0 bridgehead atoms. The molecule has 7 nitrogen and oxygen atoms in total. The number of amides is 1. The van der Waals surface area contributed by atoms with Crippen LogP contribution in [-0.2, 0) is 19.4 Å². The fraction of sp³-hybridized carbons (Fsp3) is 0.455. The number of aromatic hydroxyl groups is 1. The first-order valence-electron chi connectivity index (χ1n) is 10.2. The van der Waals surface area contributed by atoms with E-state index in [9.17, 15) is 23.1 Å². The number of hydrogen-bond donors (Lipinski definition) is 1. The first-order valence-corrected chi connectivity index (χ1v) is 12.1. The molecule has 1 amide bonds. The van der Waals surface area contributed by atoms with Gasteiger partial charge in [0.1, 0.15) is 11.3 Å². The number of benzene rings is 2. The topological polar surface area (TPSA) is 101 Å². The van der Waals surface area contributed by atoms with Gasteiger partial charge in [-0.05, 0) is 42.2 Å². The summed E-state index contributed by atoms with van der Waals surface area (Å²) in [5.74, 6) is -1.32. The van der Waals surface area contributed by atoms with E-state index in [1.54, 1.807) is 4.90 Å². The third-order valence-corrected chi connectivity index (χ3v) is 7.77. The minimum absolute atomic E-state index is 0.00244. The summed E-state index contributed by atoms with van der Waals surface area (Å²) in [4.78, 5) is 27.1. The molecule has 1 heterocycles. The molecule has 1 atom stereocenters. The third kappa shape index (κ3) is 4.28. The molecular formula is C22H25NO6S. The van der Waals surface area contributed by atoms with E-state index in [0.29, 0.717) is 6.42 Å². The standard InChI is InChI=1S/C22H25NO6S/c24-20-12-16-6-2-1-5-15(16)11-19(20)22(26)29-13-21(25)23(17-7-3-4-8-17)18-9-10-30(27,28)14-18/h1-2,5-6,11-12,17-18,24H,3-4,7-10,13-14H2. The van der Waals surface area contributed by atoms with Crippen molar-refractivity contribution in [2.75, 3.05) is 18.1 Å². The van der Waals surface area contributed by atoms with E-state index >= 15 is 0 Å². The van der Waals surface area contributed by atoms with Gasteiger partial charge in [-0.2, -0.15) is 0 Å². The van der Waals surface area contributed by atoms with E-state index in [-0.39, 0.29) is 40.8 Å². The summed E-state index contributed by atoms with van der Waals surface area (Å²) in [7, 11) is -3.14. The predicted octanol–water partition coefficient (Wildman–Crippen LogP) is 2.66. The lowest BCUT2D eigenvalue weighted by Gasteiger charge is -2.33. The van der Waals surface area contributed by atoms with Crippen LogP contribution < -0.4 is 0 Å². The Morgan fingerprint density at radius 2 is 1.70 bits per heavy atom. The minimum Gasteiger partial charge on any atom is -0.507 e. The van der Waals surface area contributed by atoms with Gasteiger partial charge in [-0.25, -0.2) is 13.2 Å².